The highest BCUT2D eigenvalue weighted by molar-refractivity contribution is 7.91. The molecule has 1 N–H and O–H groups in total. The zero-order valence-corrected chi connectivity index (χ0v) is 13.2. The van der Waals surface area contributed by atoms with Gasteiger partial charge in [0.25, 0.3) is 0 Å². The van der Waals surface area contributed by atoms with Gasteiger partial charge in [-0.2, -0.15) is 0 Å². The van der Waals surface area contributed by atoms with Crippen molar-refractivity contribution in [2.45, 2.75) is 25.0 Å². The number of urea groups is 1. The van der Waals surface area contributed by atoms with E-state index in [9.17, 15) is 13.2 Å². The third kappa shape index (κ3) is 4.42. The van der Waals surface area contributed by atoms with E-state index in [1.807, 2.05) is 25.1 Å². The SMILES string of the molecule is Cc1cccc(CCNC(=O)N2CCC(S(C)(=O)=O)C2)n1. The Labute approximate surface area is 125 Å². The molecule has 0 radical (unpaired) electrons. The Morgan fingerprint density at radius 1 is 1.48 bits per heavy atom. The van der Waals surface area contributed by atoms with Crippen LogP contribution >= 0.6 is 0 Å². The molecule has 1 aliphatic rings. The van der Waals surface area contributed by atoms with Gasteiger partial charge in [0.15, 0.2) is 9.84 Å². The second-order valence-electron chi connectivity index (χ2n) is 5.44. The van der Waals surface area contributed by atoms with Crippen LogP contribution in [0.4, 0.5) is 4.79 Å². The van der Waals surface area contributed by atoms with Crippen LogP contribution in [0.5, 0.6) is 0 Å². The molecule has 1 unspecified atom stereocenters. The molecule has 1 atom stereocenters. The van der Waals surface area contributed by atoms with E-state index >= 15 is 0 Å². The van der Waals surface area contributed by atoms with Gasteiger partial charge in [-0.3, -0.25) is 4.98 Å². The molecule has 1 aromatic rings. The molecule has 0 aliphatic carbocycles. The molecule has 0 aromatic carbocycles. The minimum atomic E-state index is -3.07. The summed E-state index contributed by atoms with van der Waals surface area (Å²) in [6.45, 7) is 3.20. The molecule has 1 aliphatic heterocycles. The zero-order valence-electron chi connectivity index (χ0n) is 12.4. The molecule has 2 heterocycles. The molecular formula is C14H21N3O3S. The van der Waals surface area contributed by atoms with Crippen LogP contribution in [0.25, 0.3) is 0 Å². The number of aryl methyl sites for hydroxylation is 1. The molecule has 21 heavy (non-hydrogen) atoms. The standard InChI is InChI=1S/C14H21N3O3S/c1-11-4-3-5-12(16-11)6-8-15-14(18)17-9-7-13(10-17)21(2,19)20/h3-5,13H,6-10H2,1-2H3,(H,15,18). The van der Waals surface area contributed by atoms with Gasteiger partial charge in [0.1, 0.15) is 0 Å². The van der Waals surface area contributed by atoms with Gasteiger partial charge in [0.2, 0.25) is 0 Å². The Morgan fingerprint density at radius 3 is 2.86 bits per heavy atom. The van der Waals surface area contributed by atoms with Crippen LogP contribution in [0.2, 0.25) is 0 Å². The van der Waals surface area contributed by atoms with Crippen molar-refractivity contribution in [3.63, 3.8) is 0 Å². The number of aromatic nitrogens is 1. The van der Waals surface area contributed by atoms with Crippen LogP contribution in [0.3, 0.4) is 0 Å². The smallest absolute Gasteiger partial charge is 0.317 e. The first kappa shape index (κ1) is 15.8. The number of hydrogen-bond donors (Lipinski definition) is 1. The maximum atomic E-state index is 12.0. The Kier molecular flexibility index (Phi) is 4.82. The van der Waals surface area contributed by atoms with Crippen LogP contribution in [-0.4, -0.2) is 55.5 Å². The maximum absolute atomic E-state index is 12.0. The highest BCUT2D eigenvalue weighted by Crippen LogP contribution is 2.15. The Balaban J connectivity index is 1.78. The predicted molar refractivity (Wildman–Crippen MR) is 80.9 cm³/mol. The number of amides is 2. The first-order valence-corrected chi connectivity index (χ1v) is 8.96. The van der Waals surface area contributed by atoms with Crippen LogP contribution in [0.15, 0.2) is 18.2 Å². The zero-order chi connectivity index (χ0) is 15.5. The number of hydrogen-bond acceptors (Lipinski definition) is 4. The van der Waals surface area contributed by atoms with Gasteiger partial charge in [-0.15, -0.1) is 0 Å². The molecule has 2 amide bonds. The Hall–Kier alpha value is -1.63. The van der Waals surface area contributed by atoms with Crippen LogP contribution < -0.4 is 5.32 Å². The first-order chi connectivity index (χ1) is 9.86. The molecule has 0 saturated carbocycles. The summed E-state index contributed by atoms with van der Waals surface area (Å²) in [5, 5.41) is 2.39. The van der Waals surface area contributed by atoms with Crippen molar-refractivity contribution in [1.82, 2.24) is 15.2 Å². The topological polar surface area (TPSA) is 79.4 Å². The van der Waals surface area contributed by atoms with Crippen LogP contribution in [0.1, 0.15) is 17.8 Å². The van der Waals surface area contributed by atoms with Crippen molar-refractivity contribution < 1.29 is 13.2 Å². The van der Waals surface area contributed by atoms with Crippen LogP contribution in [0, 0.1) is 6.92 Å². The summed E-state index contributed by atoms with van der Waals surface area (Å²) in [6.07, 6.45) is 2.41. The number of rotatable bonds is 4. The van der Waals surface area contributed by atoms with Gasteiger partial charge in [-0.25, -0.2) is 13.2 Å². The van der Waals surface area contributed by atoms with Gasteiger partial charge in [-0.1, -0.05) is 6.07 Å². The molecule has 1 saturated heterocycles. The number of sulfone groups is 1. The van der Waals surface area contributed by atoms with E-state index in [2.05, 4.69) is 10.3 Å². The lowest BCUT2D eigenvalue weighted by Crippen LogP contribution is -2.40. The lowest BCUT2D eigenvalue weighted by atomic mass is 10.2. The van der Waals surface area contributed by atoms with E-state index in [0.29, 0.717) is 25.9 Å². The third-order valence-electron chi connectivity index (χ3n) is 3.64. The summed E-state index contributed by atoms with van der Waals surface area (Å²) >= 11 is 0. The average Bonchev–Trinajstić information content (AvgIpc) is 2.88. The number of likely N-dealkylation sites (tertiary alicyclic amines) is 1. The van der Waals surface area contributed by atoms with E-state index in [-0.39, 0.29) is 12.6 Å². The predicted octanol–water partition coefficient (Wildman–Crippen LogP) is 0.761. The molecule has 1 fully saturated rings. The van der Waals surface area contributed by atoms with E-state index < -0.39 is 15.1 Å². The summed E-state index contributed by atoms with van der Waals surface area (Å²) in [6, 6.07) is 5.59. The Morgan fingerprint density at radius 2 is 2.24 bits per heavy atom. The van der Waals surface area contributed by atoms with E-state index in [1.54, 1.807) is 4.90 Å². The van der Waals surface area contributed by atoms with E-state index in [4.69, 9.17) is 0 Å². The fraction of sp³-hybridized carbons (Fsp3) is 0.571. The monoisotopic (exact) mass is 311 g/mol. The minimum absolute atomic E-state index is 0.200. The van der Waals surface area contributed by atoms with Crippen LogP contribution in [-0.2, 0) is 16.3 Å². The minimum Gasteiger partial charge on any atom is -0.338 e. The summed E-state index contributed by atoms with van der Waals surface area (Å²) in [5.74, 6) is 0. The van der Waals surface area contributed by atoms with Crippen molar-refractivity contribution in [3.8, 4) is 0 Å². The van der Waals surface area contributed by atoms with Crippen molar-refractivity contribution >= 4 is 15.9 Å². The largest absolute Gasteiger partial charge is 0.338 e. The second kappa shape index (κ2) is 6.43. The third-order valence-corrected chi connectivity index (χ3v) is 5.24. The number of pyridine rings is 1. The fourth-order valence-electron chi connectivity index (χ4n) is 2.41. The molecular weight excluding hydrogens is 290 g/mol. The van der Waals surface area contributed by atoms with Crippen molar-refractivity contribution in [1.29, 1.82) is 0 Å². The lowest BCUT2D eigenvalue weighted by Gasteiger charge is -2.17. The summed E-state index contributed by atoms with van der Waals surface area (Å²) in [7, 11) is -3.07. The number of nitrogens with one attached hydrogen (secondary N) is 1. The Bertz CT molecular complexity index is 616. The molecule has 1 aromatic heterocycles. The molecule has 7 heteroatoms. The van der Waals surface area contributed by atoms with Gasteiger partial charge >= 0.3 is 6.03 Å². The van der Waals surface area contributed by atoms with Gasteiger partial charge < -0.3 is 10.2 Å². The van der Waals surface area contributed by atoms with Crippen molar-refractivity contribution in [2.24, 2.45) is 0 Å². The molecule has 6 nitrogen and oxygen atoms in total. The van der Waals surface area contributed by atoms with E-state index in [1.165, 1.54) is 6.26 Å². The van der Waals surface area contributed by atoms with E-state index in [0.717, 1.165) is 11.4 Å². The molecule has 2 rings (SSSR count). The summed E-state index contributed by atoms with van der Waals surface area (Å²) < 4.78 is 22.9. The number of nitrogens with zero attached hydrogens (tertiary/aromatic N) is 2. The lowest BCUT2D eigenvalue weighted by molar-refractivity contribution is 0.209. The van der Waals surface area contributed by atoms with Crippen molar-refractivity contribution in [3.05, 3.63) is 29.6 Å². The highest BCUT2D eigenvalue weighted by Gasteiger charge is 2.32. The normalized spacial score (nSPS) is 18.8. The van der Waals surface area contributed by atoms with Crippen molar-refractivity contribution in [2.75, 3.05) is 25.9 Å². The molecule has 0 spiro atoms. The maximum Gasteiger partial charge on any atom is 0.317 e. The van der Waals surface area contributed by atoms with Gasteiger partial charge in [0, 0.05) is 43.7 Å². The van der Waals surface area contributed by atoms with Gasteiger partial charge in [0.05, 0.1) is 5.25 Å². The highest BCUT2D eigenvalue weighted by atomic mass is 32.2. The van der Waals surface area contributed by atoms with Gasteiger partial charge in [-0.05, 0) is 25.5 Å². The second-order valence-corrected chi connectivity index (χ2v) is 7.76. The quantitative estimate of drug-likeness (QED) is 0.890. The number of carbonyl (C=O) groups excluding carboxylic acids is 1. The fourth-order valence-corrected chi connectivity index (χ4v) is 3.39. The molecule has 0 bridgehead atoms. The summed E-state index contributed by atoms with van der Waals surface area (Å²) in [5.41, 5.74) is 1.89. The average molecular weight is 311 g/mol. The number of carbonyl (C=O) groups is 1. The summed E-state index contributed by atoms with van der Waals surface area (Å²) in [4.78, 5) is 17.9. The molecule has 116 valence electrons. The first-order valence-electron chi connectivity index (χ1n) is 7.00.